The largest absolute Gasteiger partial charge is 0.503 e. The second-order valence-corrected chi connectivity index (χ2v) is 7.04. The van der Waals surface area contributed by atoms with Gasteiger partial charge in [-0.25, -0.2) is 0 Å². The lowest BCUT2D eigenvalue weighted by molar-refractivity contribution is 0.0816. The Kier molecular flexibility index (Phi) is 4.28. The first kappa shape index (κ1) is 18.0. The molecule has 0 spiro atoms. The molecule has 0 bridgehead atoms. The van der Waals surface area contributed by atoms with Crippen LogP contribution in [-0.4, -0.2) is 32.6 Å². The van der Waals surface area contributed by atoms with E-state index in [1.807, 2.05) is 42.5 Å². The fourth-order valence-corrected chi connectivity index (χ4v) is 3.65. The van der Waals surface area contributed by atoms with Crippen molar-refractivity contribution in [3.8, 4) is 22.6 Å². The Morgan fingerprint density at radius 2 is 1.75 bits per heavy atom. The predicted octanol–water partition coefficient (Wildman–Crippen LogP) is 2.85. The van der Waals surface area contributed by atoms with Crippen LogP contribution in [0.4, 0.5) is 0 Å². The van der Waals surface area contributed by atoms with Gasteiger partial charge in [-0.3, -0.25) is 9.59 Å². The van der Waals surface area contributed by atoms with Crippen molar-refractivity contribution in [3.63, 3.8) is 0 Å². The average Bonchev–Trinajstić information content (AvgIpc) is 2.98. The molecular weight excluding hydrogens is 356 g/mol. The molecule has 6 heteroatoms. The number of amides is 1. The molecule has 4 rings (SSSR count). The summed E-state index contributed by atoms with van der Waals surface area (Å²) in [7, 11) is 1.78. The Morgan fingerprint density at radius 3 is 2.50 bits per heavy atom. The van der Waals surface area contributed by atoms with Gasteiger partial charge in [0, 0.05) is 30.9 Å². The summed E-state index contributed by atoms with van der Waals surface area (Å²) >= 11 is 0. The Labute approximate surface area is 161 Å². The molecule has 1 amide bonds. The van der Waals surface area contributed by atoms with E-state index in [0.717, 1.165) is 16.7 Å². The number of aromatic nitrogens is 1. The van der Waals surface area contributed by atoms with Crippen LogP contribution in [-0.2, 0) is 6.54 Å². The molecule has 142 valence electrons. The first-order chi connectivity index (χ1) is 13.4. The molecule has 28 heavy (non-hydrogen) atoms. The summed E-state index contributed by atoms with van der Waals surface area (Å²) < 4.78 is 1.60. The monoisotopic (exact) mass is 376 g/mol. The van der Waals surface area contributed by atoms with E-state index in [9.17, 15) is 19.8 Å². The van der Waals surface area contributed by atoms with Gasteiger partial charge in [0.15, 0.2) is 5.75 Å². The van der Waals surface area contributed by atoms with E-state index < -0.39 is 11.5 Å². The maximum Gasteiger partial charge on any atom is 0.254 e. The number of aliphatic hydroxyl groups excluding tert-OH is 1. The second-order valence-electron chi connectivity index (χ2n) is 7.04. The Hall–Kier alpha value is -3.38. The molecule has 2 aromatic carbocycles. The zero-order valence-electron chi connectivity index (χ0n) is 15.6. The minimum Gasteiger partial charge on any atom is -0.503 e. The fourth-order valence-electron chi connectivity index (χ4n) is 3.65. The number of fused-ring (bicyclic) bond motifs is 1. The molecular formula is C22H20N2O4. The van der Waals surface area contributed by atoms with Gasteiger partial charge < -0.3 is 19.7 Å². The predicted molar refractivity (Wildman–Crippen MR) is 106 cm³/mol. The van der Waals surface area contributed by atoms with Gasteiger partial charge in [0.05, 0.1) is 18.0 Å². The number of nitrogens with zero attached hydrogens (tertiary/aromatic N) is 2. The van der Waals surface area contributed by atoms with Crippen LogP contribution in [0.3, 0.4) is 0 Å². The summed E-state index contributed by atoms with van der Waals surface area (Å²) in [6.45, 7) is 2.12. The zero-order valence-corrected chi connectivity index (χ0v) is 15.6. The second kappa shape index (κ2) is 6.65. The van der Waals surface area contributed by atoms with Gasteiger partial charge in [-0.05, 0) is 41.8 Å². The lowest BCUT2D eigenvalue weighted by atomic mass is 9.96. The van der Waals surface area contributed by atoms with Crippen molar-refractivity contribution >= 4 is 5.91 Å². The molecule has 0 saturated carbocycles. The SMILES string of the molecule is CC(O)c1cc(=O)c(O)cn1-c1cccc(-c2cccc3c2CN(C)C3=O)c1. The Bertz CT molecular complexity index is 1150. The summed E-state index contributed by atoms with van der Waals surface area (Å²) in [5, 5.41) is 19.9. The van der Waals surface area contributed by atoms with Gasteiger partial charge in [0.2, 0.25) is 5.43 Å². The molecule has 1 aliphatic rings. The van der Waals surface area contributed by atoms with Crippen LogP contribution in [0.2, 0.25) is 0 Å². The molecule has 2 N–H and O–H groups in total. The van der Waals surface area contributed by atoms with Gasteiger partial charge in [-0.1, -0.05) is 24.3 Å². The third-order valence-electron chi connectivity index (χ3n) is 5.07. The smallest absolute Gasteiger partial charge is 0.254 e. The maximum atomic E-state index is 12.3. The van der Waals surface area contributed by atoms with Crippen molar-refractivity contribution in [1.82, 2.24) is 9.47 Å². The number of hydrogen-bond acceptors (Lipinski definition) is 4. The van der Waals surface area contributed by atoms with Gasteiger partial charge in [0.1, 0.15) is 0 Å². The molecule has 2 heterocycles. The highest BCUT2D eigenvalue weighted by molar-refractivity contribution is 6.00. The van der Waals surface area contributed by atoms with Crippen LogP contribution in [0.15, 0.2) is 59.5 Å². The van der Waals surface area contributed by atoms with Crippen molar-refractivity contribution in [1.29, 1.82) is 0 Å². The van der Waals surface area contributed by atoms with Crippen LogP contribution in [0.25, 0.3) is 16.8 Å². The summed E-state index contributed by atoms with van der Waals surface area (Å²) in [5.41, 5.74) is 4.09. The zero-order chi connectivity index (χ0) is 20.0. The topological polar surface area (TPSA) is 82.8 Å². The van der Waals surface area contributed by atoms with Crippen LogP contribution >= 0.6 is 0 Å². The summed E-state index contributed by atoms with van der Waals surface area (Å²) in [6.07, 6.45) is 0.431. The van der Waals surface area contributed by atoms with Gasteiger partial charge in [-0.2, -0.15) is 0 Å². The van der Waals surface area contributed by atoms with E-state index >= 15 is 0 Å². The molecule has 0 radical (unpaired) electrons. The summed E-state index contributed by atoms with van der Waals surface area (Å²) in [6, 6.07) is 14.5. The average molecular weight is 376 g/mol. The van der Waals surface area contributed by atoms with Crippen LogP contribution in [0.5, 0.6) is 5.75 Å². The molecule has 0 saturated heterocycles. The maximum absolute atomic E-state index is 12.3. The summed E-state index contributed by atoms with van der Waals surface area (Å²) in [4.78, 5) is 25.8. The van der Waals surface area contributed by atoms with Crippen molar-refractivity contribution < 1.29 is 15.0 Å². The third kappa shape index (κ3) is 2.88. The Balaban J connectivity index is 1.87. The summed E-state index contributed by atoms with van der Waals surface area (Å²) in [5.74, 6) is -0.377. The molecule has 3 aromatic rings. The standard InChI is InChI=1S/C22H20N2O4/c1-13(25)19-10-20(26)21(27)12-24(19)15-6-3-5-14(9-15)16-7-4-8-17-18(16)11-23(2)22(17)28/h3-10,12-13,25,27H,11H2,1-2H3. The highest BCUT2D eigenvalue weighted by atomic mass is 16.3. The van der Waals surface area contributed by atoms with E-state index in [-0.39, 0.29) is 11.7 Å². The molecule has 1 aromatic heterocycles. The van der Waals surface area contributed by atoms with Gasteiger partial charge in [-0.15, -0.1) is 0 Å². The Morgan fingerprint density at radius 1 is 1.04 bits per heavy atom. The van der Waals surface area contributed by atoms with Gasteiger partial charge in [0.25, 0.3) is 5.91 Å². The first-order valence-electron chi connectivity index (χ1n) is 8.98. The molecule has 0 aliphatic carbocycles. The molecule has 0 fully saturated rings. The van der Waals surface area contributed by atoms with E-state index in [1.165, 1.54) is 12.3 Å². The number of carbonyl (C=O) groups excluding carboxylic acids is 1. The highest BCUT2D eigenvalue weighted by Crippen LogP contribution is 2.33. The van der Waals surface area contributed by atoms with Crippen molar-refractivity contribution in [2.75, 3.05) is 7.05 Å². The molecule has 6 nitrogen and oxygen atoms in total. The number of carbonyl (C=O) groups is 1. The van der Waals surface area contributed by atoms with E-state index in [4.69, 9.17) is 0 Å². The van der Waals surface area contributed by atoms with Crippen molar-refractivity contribution in [3.05, 3.63) is 81.8 Å². The third-order valence-corrected chi connectivity index (χ3v) is 5.07. The van der Waals surface area contributed by atoms with E-state index in [2.05, 4.69) is 0 Å². The number of aromatic hydroxyl groups is 1. The normalized spacial score (nSPS) is 14.2. The van der Waals surface area contributed by atoms with Crippen molar-refractivity contribution in [2.45, 2.75) is 19.6 Å². The molecule has 1 atom stereocenters. The van der Waals surface area contributed by atoms with Crippen LogP contribution < -0.4 is 5.43 Å². The lowest BCUT2D eigenvalue weighted by Crippen LogP contribution is -2.17. The number of benzene rings is 2. The number of rotatable bonds is 3. The number of aliphatic hydroxyl groups is 1. The van der Waals surface area contributed by atoms with Gasteiger partial charge >= 0.3 is 0 Å². The van der Waals surface area contributed by atoms with Crippen molar-refractivity contribution in [2.24, 2.45) is 0 Å². The van der Waals surface area contributed by atoms with E-state index in [1.54, 1.807) is 23.4 Å². The fraction of sp³-hybridized carbons (Fsp3) is 0.182. The minimum absolute atomic E-state index is 0.00901. The van der Waals surface area contributed by atoms with E-state index in [0.29, 0.717) is 23.5 Å². The number of pyridine rings is 1. The number of hydrogen-bond donors (Lipinski definition) is 2. The first-order valence-corrected chi connectivity index (χ1v) is 8.98. The molecule has 1 unspecified atom stereocenters. The molecule has 1 aliphatic heterocycles. The lowest BCUT2D eigenvalue weighted by Gasteiger charge is -2.17. The highest BCUT2D eigenvalue weighted by Gasteiger charge is 2.26. The quantitative estimate of drug-likeness (QED) is 0.736. The van der Waals surface area contributed by atoms with Crippen LogP contribution in [0, 0.1) is 0 Å². The minimum atomic E-state index is -0.885. The van der Waals surface area contributed by atoms with Crippen LogP contribution in [0.1, 0.15) is 34.6 Å².